The Bertz CT molecular complexity index is 756. The summed E-state index contributed by atoms with van der Waals surface area (Å²) in [5.41, 5.74) is 8.24. The second-order valence-electron chi connectivity index (χ2n) is 6.44. The number of anilines is 1. The number of carbonyl (C=O) groups is 1. The molecule has 1 aromatic heterocycles. The Hall–Kier alpha value is -1.47. The lowest BCUT2D eigenvalue weighted by atomic mass is 10.1. The fraction of sp³-hybridized carbons (Fsp3) is 0.412. The molecule has 7 heteroatoms. The highest BCUT2D eigenvalue weighted by Crippen LogP contribution is 2.36. The average Bonchev–Trinajstić information content (AvgIpc) is 3.18. The van der Waals surface area contributed by atoms with E-state index in [1.807, 2.05) is 31.2 Å². The van der Waals surface area contributed by atoms with Gasteiger partial charge < -0.3 is 5.32 Å². The van der Waals surface area contributed by atoms with Crippen molar-refractivity contribution in [1.29, 1.82) is 0 Å². The van der Waals surface area contributed by atoms with E-state index in [0.717, 1.165) is 28.5 Å². The topological polar surface area (TPSA) is 66.1 Å². The molecule has 0 radical (unpaired) electrons. The third-order valence-electron chi connectivity index (χ3n) is 4.58. The van der Waals surface area contributed by atoms with Crippen molar-refractivity contribution in [2.75, 3.05) is 5.32 Å². The highest BCUT2D eigenvalue weighted by atomic mass is 35.5. The number of nitrogens with one attached hydrogen (secondary N) is 3. The standard InChI is InChI=1S/C17H19ClN4OS/c1-9-15(11-4-6-12(18)7-5-11)19-17(24-9)20-16(23)14-8-13(21-22-14)10-2-3-10/h4-7,10,13-14,21-22H,2-3,8H2,1H3,(H,19,20,23). The van der Waals surface area contributed by atoms with Gasteiger partial charge in [0.25, 0.3) is 0 Å². The van der Waals surface area contributed by atoms with Gasteiger partial charge >= 0.3 is 0 Å². The number of nitrogens with zero attached hydrogens (tertiary/aromatic N) is 1. The van der Waals surface area contributed by atoms with Crippen LogP contribution in [0, 0.1) is 12.8 Å². The van der Waals surface area contributed by atoms with Crippen LogP contribution >= 0.6 is 22.9 Å². The van der Waals surface area contributed by atoms with Gasteiger partial charge in [-0.05, 0) is 44.2 Å². The van der Waals surface area contributed by atoms with Crippen LogP contribution in [0.4, 0.5) is 5.13 Å². The number of thiazole rings is 1. The molecule has 2 atom stereocenters. The molecule has 2 fully saturated rings. The lowest BCUT2D eigenvalue weighted by molar-refractivity contribution is -0.117. The number of aryl methyl sites for hydroxylation is 1. The monoisotopic (exact) mass is 362 g/mol. The first-order chi connectivity index (χ1) is 11.6. The number of hydrogen-bond acceptors (Lipinski definition) is 5. The molecule has 1 saturated heterocycles. The highest BCUT2D eigenvalue weighted by molar-refractivity contribution is 7.16. The molecule has 126 valence electrons. The Labute approximate surface area is 149 Å². The smallest absolute Gasteiger partial charge is 0.244 e. The number of carbonyl (C=O) groups excluding carboxylic acids is 1. The van der Waals surface area contributed by atoms with E-state index in [4.69, 9.17) is 11.6 Å². The van der Waals surface area contributed by atoms with Crippen LogP contribution in [0.15, 0.2) is 24.3 Å². The number of hydrogen-bond donors (Lipinski definition) is 3. The first kappa shape index (κ1) is 16.0. The molecule has 2 heterocycles. The van der Waals surface area contributed by atoms with Crippen LogP contribution in [0.1, 0.15) is 24.1 Å². The lowest BCUT2D eigenvalue weighted by Crippen LogP contribution is -2.40. The maximum absolute atomic E-state index is 12.4. The summed E-state index contributed by atoms with van der Waals surface area (Å²) in [5.74, 6) is 0.705. The van der Waals surface area contributed by atoms with Crippen LogP contribution in [0.5, 0.6) is 0 Å². The minimum atomic E-state index is -0.196. The van der Waals surface area contributed by atoms with Gasteiger partial charge in [0, 0.05) is 21.5 Å². The Morgan fingerprint density at radius 3 is 2.75 bits per heavy atom. The van der Waals surface area contributed by atoms with Gasteiger partial charge in [0.2, 0.25) is 5.91 Å². The molecule has 1 aromatic carbocycles. The third kappa shape index (κ3) is 3.32. The minimum absolute atomic E-state index is 0.0259. The van der Waals surface area contributed by atoms with Gasteiger partial charge in [0.05, 0.1) is 5.69 Å². The summed E-state index contributed by atoms with van der Waals surface area (Å²) in [6.07, 6.45) is 3.37. The number of benzene rings is 1. The summed E-state index contributed by atoms with van der Waals surface area (Å²) in [4.78, 5) is 18.1. The summed E-state index contributed by atoms with van der Waals surface area (Å²) >= 11 is 7.43. The van der Waals surface area contributed by atoms with Gasteiger partial charge in [0.15, 0.2) is 5.13 Å². The SMILES string of the molecule is Cc1sc(NC(=O)C2CC(C3CC3)NN2)nc1-c1ccc(Cl)cc1. The van der Waals surface area contributed by atoms with E-state index in [1.165, 1.54) is 24.2 Å². The van der Waals surface area contributed by atoms with Gasteiger partial charge in [-0.1, -0.05) is 23.7 Å². The fourth-order valence-electron chi connectivity index (χ4n) is 3.08. The normalized spacial score (nSPS) is 23.4. The Kier molecular flexibility index (Phi) is 4.30. The second kappa shape index (κ2) is 6.44. The molecule has 2 aromatic rings. The van der Waals surface area contributed by atoms with Gasteiger partial charge in [0.1, 0.15) is 6.04 Å². The number of rotatable bonds is 4. The van der Waals surface area contributed by atoms with Crippen molar-refractivity contribution in [2.45, 2.75) is 38.3 Å². The van der Waals surface area contributed by atoms with Crippen molar-refractivity contribution >= 4 is 34.0 Å². The van der Waals surface area contributed by atoms with E-state index in [-0.39, 0.29) is 11.9 Å². The van der Waals surface area contributed by atoms with Gasteiger partial charge in [-0.3, -0.25) is 10.2 Å². The Morgan fingerprint density at radius 1 is 1.29 bits per heavy atom. The quantitative estimate of drug-likeness (QED) is 0.780. The molecule has 1 amide bonds. The molecule has 2 unspecified atom stereocenters. The molecule has 0 spiro atoms. The maximum atomic E-state index is 12.4. The second-order valence-corrected chi connectivity index (χ2v) is 8.08. The number of halogens is 1. The summed E-state index contributed by atoms with van der Waals surface area (Å²) in [7, 11) is 0. The van der Waals surface area contributed by atoms with E-state index in [0.29, 0.717) is 16.2 Å². The average molecular weight is 363 g/mol. The van der Waals surface area contributed by atoms with E-state index in [1.54, 1.807) is 0 Å². The van der Waals surface area contributed by atoms with Crippen LogP contribution in [-0.2, 0) is 4.79 Å². The van der Waals surface area contributed by atoms with Crippen molar-refractivity contribution in [3.8, 4) is 11.3 Å². The molecule has 5 nitrogen and oxygen atoms in total. The summed E-state index contributed by atoms with van der Waals surface area (Å²) in [5, 5.41) is 4.28. The molecule has 0 bridgehead atoms. The van der Waals surface area contributed by atoms with E-state index < -0.39 is 0 Å². The first-order valence-corrected chi connectivity index (χ1v) is 9.35. The molecule has 1 aliphatic heterocycles. The zero-order chi connectivity index (χ0) is 16.7. The van der Waals surface area contributed by atoms with Crippen molar-refractivity contribution in [2.24, 2.45) is 5.92 Å². The van der Waals surface area contributed by atoms with E-state index in [2.05, 4.69) is 21.2 Å². The van der Waals surface area contributed by atoms with Crippen LogP contribution < -0.4 is 16.2 Å². The Morgan fingerprint density at radius 2 is 2.04 bits per heavy atom. The predicted octanol–water partition coefficient (Wildman–Crippen LogP) is 3.36. The van der Waals surface area contributed by atoms with E-state index in [9.17, 15) is 4.79 Å². The fourth-order valence-corrected chi connectivity index (χ4v) is 4.04. The third-order valence-corrected chi connectivity index (χ3v) is 5.72. The molecule has 3 N–H and O–H groups in total. The highest BCUT2D eigenvalue weighted by Gasteiger charge is 2.38. The predicted molar refractivity (Wildman–Crippen MR) is 97.1 cm³/mol. The molecule has 24 heavy (non-hydrogen) atoms. The Balaban J connectivity index is 1.44. The molecule has 1 saturated carbocycles. The summed E-state index contributed by atoms with van der Waals surface area (Å²) < 4.78 is 0. The van der Waals surface area contributed by atoms with Gasteiger partial charge in [-0.15, -0.1) is 11.3 Å². The molecule has 1 aliphatic carbocycles. The lowest BCUT2D eigenvalue weighted by Gasteiger charge is -2.08. The number of amides is 1. The van der Waals surface area contributed by atoms with Crippen LogP contribution in [-0.4, -0.2) is 23.0 Å². The minimum Gasteiger partial charge on any atom is -0.301 e. The van der Waals surface area contributed by atoms with Crippen molar-refractivity contribution in [3.63, 3.8) is 0 Å². The van der Waals surface area contributed by atoms with Gasteiger partial charge in [-0.2, -0.15) is 0 Å². The summed E-state index contributed by atoms with van der Waals surface area (Å²) in [6, 6.07) is 7.81. The zero-order valence-electron chi connectivity index (χ0n) is 13.3. The van der Waals surface area contributed by atoms with Crippen molar-refractivity contribution in [3.05, 3.63) is 34.2 Å². The summed E-state index contributed by atoms with van der Waals surface area (Å²) in [6.45, 7) is 2.01. The molecular weight excluding hydrogens is 344 g/mol. The van der Waals surface area contributed by atoms with Crippen LogP contribution in [0.2, 0.25) is 5.02 Å². The van der Waals surface area contributed by atoms with Gasteiger partial charge in [-0.25, -0.2) is 10.4 Å². The largest absolute Gasteiger partial charge is 0.301 e. The zero-order valence-corrected chi connectivity index (χ0v) is 14.9. The maximum Gasteiger partial charge on any atom is 0.244 e. The van der Waals surface area contributed by atoms with Crippen LogP contribution in [0.3, 0.4) is 0 Å². The van der Waals surface area contributed by atoms with Crippen molar-refractivity contribution in [1.82, 2.24) is 15.8 Å². The van der Waals surface area contributed by atoms with E-state index >= 15 is 0 Å². The molecule has 4 rings (SSSR count). The van der Waals surface area contributed by atoms with Crippen LogP contribution in [0.25, 0.3) is 11.3 Å². The molecule has 2 aliphatic rings. The number of hydrazine groups is 1. The van der Waals surface area contributed by atoms with Crippen molar-refractivity contribution < 1.29 is 4.79 Å². The number of aromatic nitrogens is 1. The first-order valence-electron chi connectivity index (χ1n) is 8.15. The molecular formula is C17H19ClN4OS.